The first kappa shape index (κ1) is 27.8. The molecule has 0 saturated carbocycles. The number of benzene rings is 1. The number of nitrogens with zero attached hydrogens (tertiary/aromatic N) is 7. The summed E-state index contributed by atoms with van der Waals surface area (Å²) in [5.41, 5.74) is 2.34. The summed E-state index contributed by atoms with van der Waals surface area (Å²) in [6, 6.07) is 3.79. The predicted octanol–water partition coefficient (Wildman–Crippen LogP) is 3.29. The van der Waals surface area contributed by atoms with Crippen molar-refractivity contribution >= 4 is 44.6 Å². The highest BCUT2D eigenvalue weighted by Crippen LogP contribution is 2.37. The van der Waals surface area contributed by atoms with E-state index in [2.05, 4.69) is 26.7 Å². The van der Waals surface area contributed by atoms with Crippen molar-refractivity contribution in [3.05, 3.63) is 30.1 Å². The number of anilines is 2. The lowest BCUT2D eigenvalue weighted by atomic mass is 9.76. The number of rotatable bonds is 6. The molecule has 2 fully saturated rings. The molecule has 3 aromatic rings. The number of fused-ring (bicyclic) bond motifs is 1. The van der Waals surface area contributed by atoms with Gasteiger partial charge in [0.2, 0.25) is 5.95 Å². The Hall–Kier alpha value is -3.79. The van der Waals surface area contributed by atoms with E-state index in [9.17, 15) is 19.8 Å². The smallest absolute Gasteiger partial charge is 0.328 e. The lowest BCUT2D eigenvalue weighted by Crippen LogP contribution is -2.56. The summed E-state index contributed by atoms with van der Waals surface area (Å²) in [6.07, 6.45) is 5.23. The highest BCUT2D eigenvalue weighted by molar-refractivity contribution is 7.22. The van der Waals surface area contributed by atoms with Gasteiger partial charge in [-0.1, -0.05) is 30.1 Å². The van der Waals surface area contributed by atoms with Crippen LogP contribution >= 0.6 is 11.3 Å². The first-order valence-electron chi connectivity index (χ1n) is 13.4. The number of thiazole rings is 1. The SMILES string of the molecule is CCN1CN(C)CN(c2nc3cc(-c4cnc(N5CCC(CC)(C(=O)O)CC5)nc4)cc(C#CCO)c3s2)C1=O. The molecule has 4 heterocycles. The number of carboxylic acids is 1. The molecule has 2 aromatic heterocycles. The van der Waals surface area contributed by atoms with Gasteiger partial charge in [-0.2, -0.15) is 0 Å². The topological polar surface area (TPSA) is 126 Å². The molecule has 0 unspecified atom stereocenters. The second kappa shape index (κ2) is 11.4. The van der Waals surface area contributed by atoms with E-state index in [-0.39, 0.29) is 12.6 Å². The van der Waals surface area contributed by atoms with Gasteiger partial charge in [0.05, 0.1) is 29.0 Å². The van der Waals surface area contributed by atoms with Crippen LogP contribution < -0.4 is 9.80 Å². The Morgan fingerprint density at radius 3 is 2.48 bits per heavy atom. The van der Waals surface area contributed by atoms with Gasteiger partial charge in [-0.3, -0.25) is 14.6 Å². The fraction of sp³-hybridized carbons (Fsp3) is 0.464. The monoisotopic (exact) mass is 563 g/mol. The highest BCUT2D eigenvalue weighted by atomic mass is 32.1. The van der Waals surface area contributed by atoms with E-state index in [4.69, 9.17) is 4.98 Å². The minimum atomic E-state index is -0.731. The van der Waals surface area contributed by atoms with Crippen LogP contribution in [0.3, 0.4) is 0 Å². The lowest BCUT2D eigenvalue weighted by Gasteiger charge is -2.38. The minimum absolute atomic E-state index is 0.0795. The number of aliphatic carboxylic acids is 1. The lowest BCUT2D eigenvalue weighted by molar-refractivity contribution is -0.150. The van der Waals surface area contributed by atoms with Crippen molar-refractivity contribution in [1.82, 2.24) is 24.8 Å². The van der Waals surface area contributed by atoms with E-state index in [0.717, 1.165) is 15.8 Å². The van der Waals surface area contributed by atoms with Crippen molar-refractivity contribution in [2.24, 2.45) is 5.41 Å². The normalized spacial score (nSPS) is 17.7. The largest absolute Gasteiger partial charge is 0.481 e. The highest BCUT2D eigenvalue weighted by Gasteiger charge is 2.40. The molecule has 40 heavy (non-hydrogen) atoms. The Morgan fingerprint density at radius 2 is 1.85 bits per heavy atom. The molecule has 2 aliphatic rings. The molecule has 11 nitrogen and oxygen atoms in total. The Bertz CT molecular complexity index is 1470. The average molecular weight is 564 g/mol. The Labute approximate surface area is 237 Å². The maximum absolute atomic E-state index is 13.1. The summed E-state index contributed by atoms with van der Waals surface area (Å²) in [7, 11) is 1.96. The van der Waals surface area contributed by atoms with Crippen molar-refractivity contribution < 1.29 is 19.8 Å². The molecule has 2 N–H and O–H groups in total. The first-order valence-corrected chi connectivity index (χ1v) is 14.2. The van der Waals surface area contributed by atoms with Crippen molar-refractivity contribution in [3.8, 4) is 23.0 Å². The van der Waals surface area contributed by atoms with E-state index in [1.54, 1.807) is 22.2 Å². The van der Waals surface area contributed by atoms with Gasteiger partial charge in [0, 0.05) is 43.2 Å². The Balaban J connectivity index is 1.44. The maximum atomic E-state index is 13.1. The van der Waals surface area contributed by atoms with Crippen LogP contribution in [-0.4, -0.2) is 93.6 Å². The molecule has 2 saturated heterocycles. The first-order chi connectivity index (χ1) is 19.3. The number of piperidine rings is 1. The summed E-state index contributed by atoms with van der Waals surface area (Å²) in [6.45, 7) is 6.41. The number of carbonyl (C=O) groups is 2. The third-order valence-electron chi connectivity index (χ3n) is 7.80. The zero-order valence-electron chi connectivity index (χ0n) is 22.9. The maximum Gasteiger partial charge on any atom is 0.328 e. The molecule has 210 valence electrons. The minimum Gasteiger partial charge on any atom is -0.481 e. The standard InChI is InChI=1S/C28H33N7O4S/c1-4-28(24(37)38)8-10-34(11-9-28)25-29-15-21(16-30-25)20-13-19(7-6-12-36)23-22(14-20)31-26(40-23)35-18-32(3)17-33(5-2)27(35)39/h13-16,36H,4-5,8-12,17-18H2,1-3H3,(H,37,38). The summed E-state index contributed by atoms with van der Waals surface area (Å²) in [5.74, 6) is 5.62. The van der Waals surface area contributed by atoms with Gasteiger partial charge in [0.1, 0.15) is 6.61 Å². The number of carboxylic acid groups (broad SMARTS) is 1. The number of carbonyl (C=O) groups excluding carboxylic acids is 1. The van der Waals surface area contributed by atoms with Gasteiger partial charge >= 0.3 is 12.0 Å². The third kappa shape index (κ3) is 5.20. The Morgan fingerprint density at radius 1 is 1.12 bits per heavy atom. The van der Waals surface area contributed by atoms with Crippen LogP contribution in [0.15, 0.2) is 24.5 Å². The van der Waals surface area contributed by atoms with Crippen LogP contribution in [0.2, 0.25) is 0 Å². The molecule has 0 atom stereocenters. The molecule has 0 bridgehead atoms. The van der Waals surface area contributed by atoms with Crippen LogP contribution in [0.1, 0.15) is 38.7 Å². The van der Waals surface area contributed by atoms with E-state index >= 15 is 0 Å². The number of urea groups is 1. The molecular formula is C28H33N7O4S. The number of hydrogen-bond acceptors (Lipinski definition) is 9. The predicted molar refractivity (Wildman–Crippen MR) is 154 cm³/mol. The van der Waals surface area contributed by atoms with E-state index in [1.165, 1.54) is 11.3 Å². The fourth-order valence-corrected chi connectivity index (χ4v) is 6.27. The van der Waals surface area contributed by atoms with E-state index < -0.39 is 11.4 Å². The van der Waals surface area contributed by atoms with Gasteiger partial charge in [-0.15, -0.1) is 0 Å². The van der Waals surface area contributed by atoms with Crippen LogP contribution in [0.4, 0.5) is 15.9 Å². The second-order valence-corrected chi connectivity index (χ2v) is 11.2. The summed E-state index contributed by atoms with van der Waals surface area (Å²) in [4.78, 5) is 46.4. The Kier molecular flexibility index (Phi) is 7.89. The zero-order chi connectivity index (χ0) is 28.4. The average Bonchev–Trinajstić information content (AvgIpc) is 3.41. The number of aliphatic hydroxyl groups is 1. The molecule has 2 aliphatic heterocycles. The number of hydrogen-bond donors (Lipinski definition) is 2. The van der Waals surface area contributed by atoms with Crippen molar-refractivity contribution in [2.45, 2.75) is 33.1 Å². The van der Waals surface area contributed by atoms with Crippen LogP contribution in [0.25, 0.3) is 21.3 Å². The van der Waals surface area contributed by atoms with Gasteiger partial charge in [-0.05, 0) is 50.9 Å². The van der Waals surface area contributed by atoms with Crippen molar-refractivity contribution in [1.29, 1.82) is 0 Å². The molecule has 2 amide bonds. The molecule has 5 rings (SSSR count). The number of aliphatic hydroxyl groups excluding tert-OH is 1. The van der Waals surface area contributed by atoms with Crippen molar-refractivity contribution in [2.75, 3.05) is 56.4 Å². The number of aromatic nitrogens is 3. The van der Waals surface area contributed by atoms with Crippen LogP contribution in [-0.2, 0) is 4.79 Å². The fourth-order valence-electron chi connectivity index (χ4n) is 5.26. The van der Waals surface area contributed by atoms with Crippen molar-refractivity contribution in [3.63, 3.8) is 0 Å². The van der Waals surface area contributed by atoms with Gasteiger partial charge in [0.25, 0.3) is 0 Å². The zero-order valence-corrected chi connectivity index (χ0v) is 23.7. The van der Waals surface area contributed by atoms with Gasteiger partial charge in [0.15, 0.2) is 5.13 Å². The molecule has 12 heteroatoms. The molecule has 0 aliphatic carbocycles. The summed E-state index contributed by atoms with van der Waals surface area (Å²) >= 11 is 1.40. The van der Waals surface area contributed by atoms with E-state index in [0.29, 0.717) is 74.4 Å². The van der Waals surface area contributed by atoms with Gasteiger partial charge < -0.3 is 20.0 Å². The quantitative estimate of drug-likeness (QED) is 0.435. The third-order valence-corrected chi connectivity index (χ3v) is 8.92. The van der Waals surface area contributed by atoms with Crippen LogP contribution in [0.5, 0.6) is 0 Å². The summed E-state index contributed by atoms with van der Waals surface area (Å²) in [5, 5.41) is 19.6. The van der Waals surface area contributed by atoms with Gasteiger partial charge in [-0.25, -0.2) is 19.7 Å². The second-order valence-electron chi connectivity index (χ2n) is 10.2. The molecule has 0 spiro atoms. The molecule has 0 radical (unpaired) electrons. The van der Waals surface area contributed by atoms with Crippen LogP contribution in [0, 0.1) is 17.3 Å². The summed E-state index contributed by atoms with van der Waals surface area (Å²) < 4.78 is 0.840. The number of amides is 2. The van der Waals surface area contributed by atoms with E-state index in [1.807, 2.05) is 37.9 Å². The molecule has 1 aromatic carbocycles. The molecular weight excluding hydrogens is 530 g/mol.